The summed E-state index contributed by atoms with van der Waals surface area (Å²) in [6, 6.07) is 7.86. The van der Waals surface area contributed by atoms with Crippen LogP contribution in [0.15, 0.2) is 24.3 Å². The van der Waals surface area contributed by atoms with Crippen molar-refractivity contribution in [1.82, 2.24) is 0 Å². The zero-order valence-corrected chi connectivity index (χ0v) is 11.8. The highest BCUT2D eigenvalue weighted by molar-refractivity contribution is 6.19. The number of alkyl halides is 1. The second-order valence-electron chi connectivity index (χ2n) is 4.19. The molecule has 0 bridgehead atoms. The highest BCUT2D eigenvalue weighted by Crippen LogP contribution is 2.17. The summed E-state index contributed by atoms with van der Waals surface area (Å²) in [6.45, 7) is 2.99. The molecule has 0 heterocycles. The Morgan fingerprint density at radius 1 is 1.11 bits per heavy atom. The first kappa shape index (κ1) is 14.9. The van der Waals surface area contributed by atoms with Gasteiger partial charge in [0.2, 0.25) is 0 Å². The van der Waals surface area contributed by atoms with Crippen LogP contribution in [-0.2, 0) is 0 Å². The second-order valence-corrected chi connectivity index (χ2v) is 4.46. The molecule has 1 aromatic carbocycles. The van der Waals surface area contributed by atoms with Gasteiger partial charge in [-0.05, 0) is 18.6 Å². The molecule has 0 aliphatic heterocycles. The quantitative estimate of drug-likeness (QED) is 0.396. The molecule has 0 unspecified atom stereocenters. The van der Waals surface area contributed by atoms with E-state index < -0.39 is 0 Å². The Hall–Kier alpha value is -1.13. The molecule has 0 aliphatic rings. The van der Waals surface area contributed by atoms with Crippen LogP contribution >= 0.6 is 11.6 Å². The van der Waals surface area contributed by atoms with Gasteiger partial charge in [0.25, 0.3) is 0 Å². The topological polar surface area (TPSA) is 9.23 Å². The van der Waals surface area contributed by atoms with Crippen molar-refractivity contribution < 1.29 is 4.74 Å². The molecule has 0 saturated carbocycles. The van der Waals surface area contributed by atoms with E-state index in [0.717, 1.165) is 24.3 Å². The van der Waals surface area contributed by atoms with E-state index in [9.17, 15) is 0 Å². The van der Waals surface area contributed by atoms with Gasteiger partial charge >= 0.3 is 0 Å². The van der Waals surface area contributed by atoms with E-state index >= 15 is 0 Å². The summed E-state index contributed by atoms with van der Waals surface area (Å²) in [4.78, 5) is 0. The first-order chi connectivity index (χ1) is 8.88. The number of hydrogen-bond donors (Lipinski definition) is 0. The summed E-state index contributed by atoms with van der Waals surface area (Å²) in [5.74, 6) is 7.09. The third kappa shape index (κ3) is 5.98. The number of unbranched alkanes of at least 4 members (excludes halogenated alkanes) is 4. The average molecular weight is 265 g/mol. The normalized spacial score (nSPS) is 9.67. The molecule has 2 heteroatoms. The van der Waals surface area contributed by atoms with Gasteiger partial charge in [0.05, 0.1) is 18.1 Å². The van der Waals surface area contributed by atoms with Crippen molar-refractivity contribution in [3.63, 3.8) is 0 Å². The standard InChI is InChI=1S/C16H21ClO/c1-2-3-4-5-8-14-18-16-12-7-6-10-15(16)11-9-13-17/h6-7,10,12H,2-5,8,13-14H2,1H3. The van der Waals surface area contributed by atoms with Gasteiger partial charge in [-0.15, -0.1) is 11.6 Å². The van der Waals surface area contributed by atoms with Gasteiger partial charge in [0.1, 0.15) is 5.75 Å². The van der Waals surface area contributed by atoms with Gasteiger partial charge in [0.15, 0.2) is 0 Å². The average Bonchev–Trinajstić information content (AvgIpc) is 2.41. The number of hydrogen-bond acceptors (Lipinski definition) is 1. The van der Waals surface area contributed by atoms with Gasteiger partial charge in [-0.3, -0.25) is 0 Å². The van der Waals surface area contributed by atoms with Crippen molar-refractivity contribution in [3.8, 4) is 17.6 Å². The Labute approximate surface area is 115 Å². The van der Waals surface area contributed by atoms with E-state index in [1.807, 2.05) is 24.3 Å². The summed E-state index contributed by atoms with van der Waals surface area (Å²) < 4.78 is 5.77. The van der Waals surface area contributed by atoms with Crippen LogP contribution in [0.4, 0.5) is 0 Å². The number of rotatable bonds is 7. The van der Waals surface area contributed by atoms with Crippen LogP contribution in [0.2, 0.25) is 0 Å². The highest BCUT2D eigenvalue weighted by atomic mass is 35.5. The molecule has 0 radical (unpaired) electrons. The molecular formula is C16H21ClO. The van der Waals surface area contributed by atoms with Crippen molar-refractivity contribution >= 4 is 11.6 Å². The van der Waals surface area contributed by atoms with Gasteiger partial charge in [-0.2, -0.15) is 0 Å². The highest BCUT2D eigenvalue weighted by Gasteiger charge is 1.99. The number of para-hydroxylation sites is 1. The minimum Gasteiger partial charge on any atom is -0.492 e. The second kappa shape index (κ2) is 9.85. The Balaban J connectivity index is 2.37. The molecule has 1 rings (SSSR count). The lowest BCUT2D eigenvalue weighted by Crippen LogP contribution is -1.99. The molecule has 0 amide bonds. The zero-order valence-electron chi connectivity index (χ0n) is 11.0. The SMILES string of the molecule is CCCCCCCOc1ccccc1C#CCCl. The molecule has 0 aliphatic carbocycles. The minimum absolute atomic E-state index is 0.353. The summed E-state index contributed by atoms with van der Waals surface area (Å²) >= 11 is 5.56. The third-order valence-corrected chi connectivity index (χ3v) is 2.82. The van der Waals surface area contributed by atoms with Crippen LogP contribution in [0.25, 0.3) is 0 Å². The van der Waals surface area contributed by atoms with Crippen LogP contribution in [0, 0.1) is 11.8 Å². The van der Waals surface area contributed by atoms with E-state index in [0.29, 0.717) is 5.88 Å². The molecule has 0 spiro atoms. The Morgan fingerprint density at radius 3 is 2.67 bits per heavy atom. The Kier molecular flexibility index (Phi) is 8.17. The van der Waals surface area contributed by atoms with Crippen molar-refractivity contribution in [2.45, 2.75) is 39.0 Å². The van der Waals surface area contributed by atoms with Gasteiger partial charge in [0, 0.05) is 0 Å². The number of benzene rings is 1. The summed E-state index contributed by atoms with van der Waals surface area (Å²) in [7, 11) is 0. The third-order valence-electron chi connectivity index (χ3n) is 2.68. The summed E-state index contributed by atoms with van der Waals surface area (Å²) in [5, 5.41) is 0. The molecule has 18 heavy (non-hydrogen) atoms. The Morgan fingerprint density at radius 2 is 1.89 bits per heavy atom. The molecule has 1 nitrogen and oxygen atoms in total. The smallest absolute Gasteiger partial charge is 0.134 e. The predicted octanol–water partition coefficient (Wildman–Crippen LogP) is 4.63. The number of halogens is 1. The fourth-order valence-corrected chi connectivity index (χ4v) is 1.78. The van der Waals surface area contributed by atoms with E-state index in [1.54, 1.807) is 0 Å². The summed E-state index contributed by atoms with van der Waals surface area (Å²) in [5.41, 5.74) is 0.923. The largest absolute Gasteiger partial charge is 0.492 e. The molecule has 0 saturated heterocycles. The van der Waals surface area contributed by atoms with Gasteiger partial charge in [-0.25, -0.2) is 0 Å². The van der Waals surface area contributed by atoms with Crippen molar-refractivity contribution in [3.05, 3.63) is 29.8 Å². The van der Waals surface area contributed by atoms with E-state index in [-0.39, 0.29) is 0 Å². The monoisotopic (exact) mass is 264 g/mol. The Bertz CT molecular complexity index is 390. The molecule has 1 aromatic rings. The summed E-state index contributed by atoms with van der Waals surface area (Å²) in [6.07, 6.45) is 6.24. The van der Waals surface area contributed by atoms with Crippen molar-refractivity contribution in [2.75, 3.05) is 12.5 Å². The van der Waals surface area contributed by atoms with Crippen molar-refractivity contribution in [2.24, 2.45) is 0 Å². The van der Waals surface area contributed by atoms with E-state index in [4.69, 9.17) is 16.3 Å². The minimum atomic E-state index is 0.353. The van der Waals surface area contributed by atoms with Crippen LogP contribution in [0.5, 0.6) is 5.75 Å². The van der Waals surface area contributed by atoms with Crippen LogP contribution < -0.4 is 4.74 Å². The molecular weight excluding hydrogens is 244 g/mol. The lowest BCUT2D eigenvalue weighted by Gasteiger charge is -2.07. The van der Waals surface area contributed by atoms with Crippen LogP contribution in [-0.4, -0.2) is 12.5 Å². The molecule has 0 aromatic heterocycles. The molecule has 0 fully saturated rings. The van der Waals surface area contributed by atoms with Crippen LogP contribution in [0.3, 0.4) is 0 Å². The van der Waals surface area contributed by atoms with Crippen LogP contribution in [0.1, 0.15) is 44.6 Å². The first-order valence-electron chi connectivity index (χ1n) is 6.65. The van der Waals surface area contributed by atoms with E-state index in [1.165, 1.54) is 25.7 Å². The first-order valence-corrected chi connectivity index (χ1v) is 7.18. The van der Waals surface area contributed by atoms with Gasteiger partial charge in [-0.1, -0.05) is 56.6 Å². The zero-order chi connectivity index (χ0) is 13.1. The molecule has 0 atom stereocenters. The fourth-order valence-electron chi connectivity index (χ4n) is 1.71. The predicted molar refractivity (Wildman–Crippen MR) is 78.3 cm³/mol. The van der Waals surface area contributed by atoms with E-state index in [2.05, 4.69) is 18.8 Å². The maximum absolute atomic E-state index is 5.77. The maximum Gasteiger partial charge on any atom is 0.134 e. The lowest BCUT2D eigenvalue weighted by molar-refractivity contribution is 0.304. The van der Waals surface area contributed by atoms with Gasteiger partial charge < -0.3 is 4.74 Å². The lowest BCUT2D eigenvalue weighted by atomic mass is 10.1. The molecule has 98 valence electrons. The van der Waals surface area contributed by atoms with Crippen molar-refractivity contribution in [1.29, 1.82) is 0 Å². The fraction of sp³-hybridized carbons (Fsp3) is 0.500. The maximum atomic E-state index is 5.77. The molecule has 0 N–H and O–H groups in total. The number of ether oxygens (including phenoxy) is 1.